The van der Waals surface area contributed by atoms with Crippen LogP contribution in [0.25, 0.3) is 0 Å². The highest BCUT2D eigenvalue weighted by molar-refractivity contribution is 5.81. The summed E-state index contributed by atoms with van der Waals surface area (Å²) in [5.41, 5.74) is 7.04. The Hall–Kier alpha value is -1.58. The number of hydrogen-bond donors (Lipinski definition) is 2. The van der Waals surface area contributed by atoms with Gasteiger partial charge in [0.15, 0.2) is 0 Å². The molecule has 0 aliphatic rings. The van der Waals surface area contributed by atoms with Crippen molar-refractivity contribution in [3.05, 3.63) is 18.5 Å². The highest BCUT2D eigenvalue weighted by Gasteiger charge is 1.92. The lowest BCUT2D eigenvalue weighted by atomic mass is 10.3. The molecule has 0 saturated carbocycles. The van der Waals surface area contributed by atoms with E-state index < -0.39 is 0 Å². The minimum absolute atomic E-state index is 0.667. The summed E-state index contributed by atoms with van der Waals surface area (Å²) in [7, 11) is 1.68. The Balaban J connectivity index is 2.77. The number of nitrogens with two attached hydrogens (primary N) is 1. The minimum atomic E-state index is 0.667. The van der Waals surface area contributed by atoms with E-state index in [1.165, 1.54) is 0 Å². The fourth-order valence-corrected chi connectivity index (χ4v) is 0.660. The van der Waals surface area contributed by atoms with Gasteiger partial charge in [-0.15, -0.1) is 0 Å². The second kappa shape index (κ2) is 3.55. The molecule has 0 bridgehead atoms. The Bertz CT molecular complexity index is 256. The first-order valence-corrected chi connectivity index (χ1v) is 3.21. The van der Waals surface area contributed by atoms with Crippen LogP contribution in [0, 0.1) is 0 Å². The van der Waals surface area contributed by atoms with Crippen molar-refractivity contribution >= 4 is 17.7 Å². The van der Waals surface area contributed by atoms with Crippen molar-refractivity contribution < 1.29 is 0 Å². The van der Waals surface area contributed by atoms with E-state index in [0.29, 0.717) is 5.69 Å². The van der Waals surface area contributed by atoms with Gasteiger partial charge in [0.25, 0.3) is 0 Å². The van der Waals surface area contributed by atoms with E-state index in [1.54, 1.807) is 31.8 Å². The van der Waals surface area contributed by atoms with Crippen LogP contribution in [0.15, 0.2) is 23.5 Å². The fraction of sp³-hybridized carbons (Fsp3) is 0.143. The number of nitrogens with zero attached hydrogens (tertiary/aromatic N) is 2. The number of hydrogen-bond acceptors (Lipinski definition) is 3. The van der Waals surface area contributed by atoms with Crippen LogP contribution in [0.4, 0.5) is 11.4 Å². The number of nitrogen functional groups attached to an aromatic ring is 1. The zero-order valence-corrected chi connectivity index (χ0v) is 6.28. The molecule has 0 atom stereocenters. The second-order valence-corrected chi connectivity index (χ2v) is 1.99. The van der Waals surface area contributed by atoms with Gasteiger partial charge in [0.05, 0.1) is 23.9 Å². The molecule has 1 heterocycles. The molecule has 0 unspecified atom stereocenters. The smallest absolute Gasteiger partial charge is 0.0865 e. The minimum Gasteiger partial charge on any atom is -0.397 e. The summed E-state index contributed by atoms with van der Waals surface area (Å²) in [6.45, 7) is 0. The van der Waals surface area contributed by atoms with Crippen LogP contribution >= 0.6 is 0 Å². The summed E-state index contributed by atoms with van der Waals surface area (Å²) >= 11 is 0. The Kier molecular flexibility index (Phi) is 2.43. The van der Waals surface area contributed by atoms with Gasteiger partial charge in [-0.1, -0.05) is 0 Å². The first kappa shape index (κ1) is 7.53. The van der Waals surface area contributed by atoms with Crippen LogP contribution in [-0.2, 0) is 0 Å². The lowest BCUT2D eigenvalue weighted by Gasteiger charge is -2.01. The third kappa shape index (κ3) is 1.93. The molecule has 11 heavy (non-hydrogen) atoms. The molecule has 1 aromatic rings. The van der Waals surface area contributed by atoms with Gasteiger partial charge in [-0.3, -0.25) is 9.98 Å². The van der Waals surface area contributed by atoms with Crippen molar-refractivity contribution in [1.29, 1.82) is 0 Å². The number of rotatable bonds is 2. The van der Waals surface area contributed by atoms with Gasteiger partial charge in [0.2, 0.25) is 0 Å². The largest absolute Gasteiger partial charge is 0.397 e. The maximum Gasteiger partial charge on any atom is 0.0865 e. The van der Waals surface area contributed by atoms with Gasteiger partial charge in [-0.2, -0.15) is 0 Å². The Morgan fingerprint density at radius 2 is 2.55 bits per heavy atom. The van der Waals surface area contributed by atoms with Crippen molar-refractivity contribution in [3.8, 4) is 0 Å². The Morgan fingerprint density at radius 3 is 3.18 bits per heavy atom. The Labute approximate surface area is 65.2 Å². The van der Waals surface area contributed by atoms with Gasteiger partial charge < -0.3 is 11.1 Å². The van der Waals surface area contributed by atoms with E-state index in [4.69, 9.17) is 5.73 Å². The SMILES string of the molecule is CN=CNc1cnccc1N. The highest BCUT2D eigenvalue weighted by Crippen LogP contribution is 2.13. The number of anilines is 2. The molecule has 0 aliphatic heterocycles. The van der Waals surface area contributed by atoms with E-state index >= 15 is 0 Å². The zero-order chi connectivity index (χ0) is 8.10. The van der Waals surface area contributed by atoms with Gasteiger partial charge in [0, 0.05) is 13.2 Å². The molecule has 1 aromatic heterocycles. The van der Waals surface area contributed by atoms with E-state index in [-0.39, 0.29) is 0 Å². The van der Waals surface area contributed by atoms with E-state index in [2.05, 4.69) is 15.3 Å². The van der Waals surface area contributed by atoms with Crippen molar-refractivity contribution in [2.24, 2.45) is 4.99 Å². The normalized spacial score (nSPS) is 10.3. The van der Waals surface area contributed by atoms with Crippen LogP contribution < -0.4 is 11.1 Å². The molecule has 1 rings (SSSR count). The molecular weight excluding hydrogens is 140 g/mol. The van der Waals surface area contributed by atoms with Crippen LogP contribution in [0.2, 0.25) is 0 Å². The maximum atomic E-state index is 5.60. The third-order valence-corrected chi connectivity index (χ3v) is 1.20. The first-order valence-electron chi connectivity index (χ1n) is 3.21. The third-order valence-electron chi connectivity index (χ3n) is 1.20. The summed E-state index contributed by atoms with van der Waals surface area (Å²) in [4.78, 5) is 7.65. The molecule has 0 fully saturated rings. The molecule has 3 N–H and O–H groups in total. The summed E-state index contributed by atoms with van der Waals surface area (Å²) in [6, 6.07) is 1.73. The van der Waals surface area contributed by atoms with E-state index in [9.17, 15) is 0 Å². The lowest BCUT2D eigenvalue weighted by molar-refractivity contribution is 1.33. The monoisotopic (exact) mass is 150 g/mol. The van der Waals surface area contributed by atoms with Gasteiger partial charge in [0.1, 0.15) is 0 Å². The Morgan fingerprint density at radius 1 is 1.73 bits per heavy atom. The van der Waals surface area contributed by atoms with Crippen LogP contribution in [0.3, 0.4) is 0 Å². The van der Waals surface area contributed by atoms with Crippen molar-refractivity contribution in [1.82, 2.24) is 4.98 Å². The van der Waals surface area contributed by atoms with Crippen LogP contribution in [-0.4, -0.2) is 18.4 Å². The van der Waals surface area contributed by atoms with E-state index in [1.807, 2.05) is 0 Å². The quantitative estimate of drug-likeness (QED) is 0.482. The number of aliphatic imine (C=N–C) groups is 1. The summed E-state index contributed by atoms with van der Waals surface area (Å²) in [5.74, 6) is 0. The van der Waals surface area contributed by atoms with Crippen LogP contribution in [0.1, 0.15) is 0 Å². The lowest BCUT2D eigenvalue weighted by Crippen LogP contribution is -1.99. The molecule has 4 heteroatoms. The number of nitrogens with one attached hydrogen (secondary N) is 1. The highest BCUT2D eigenvalue weighted by atomic mass is 15.0. The molecule has 0 spiro atoms. The molecular formula is C7H10N4. The predicted molar refractivity (Wildman–Crippen MR) is 46.7 cm³/mol. The molecule has 0 amide bonds. The van der Waals surface area contributed by atoms with Crippen molar-refractivity contribution in [2.45, 2.75) is 0 Å². The summed E-state index contributed by atoms with van der Waals surface area (Å²) in [6.07, 6.45) is 4.86. The molecule has 0 radical (unpaired) electrons. The average Bonchev–Trinajstić information content (AvgIpc) is 2.03. The van der Waals surface area contributed by atoms with E-state index in [0.717, 1.165) is 5.69 Å². The van der Waals surface area contributed by atoms with Crippen molar-refractivity contribution in [3.63, 3.8) is 0 Å². The molecule has 0 aliphatic carbocycles. The standard InChI is InChI=1S/C7H10N4/c1-9-5-11-7-4-10-3-2-6(7)8/h2-5H,1H3,(H2,8,10)(H,9,11). The predicted octanol–water partition coefficient (Wildman–Crippen LogP) is 0.734. The summed E-state index contributed by atoms with van der Waals surface area (Å²) < 4.78 is 0. The fourth-order valence-electron chi connectivity index (χ4n) is 0.660. The van der Waals surface area contributed by atoms with Gasteiger partial charge >= 0.3 is 0 Å². The number of pyridine rings is 1. The second-order valence-electron chi connectivity index (χ2n) is 1.99. The average molecular weight is 150 g/mol. The molecule has 0 aromatic carbocycles. The van der Waals surface area contributed by atoms with Crippen LogP contribution in [0.5, 0.6) is 0 Å². The van der Waals surface area contributed by atoms with Gasteiger partial charge in [-0.25, -0.2) is 0 Å². The molecule has 0 saturated heterocycles. The maximum absolute atomic E-state index is 5.60. The first-order chi connectivity index (χ1) is 5.34. The molecule has 58 valence electrons. The number of aromatic nitrogens is 1. The topological polar surface area (TPSA) is 63.3 Å². The zero-order valence-electron chi connectivity index (χ0n) is 6.28. The van der Waals surface area contributed by atoms with Crippen molar-refractivity contribution in [2.75, 3.05) is 18.1 Å². The summed E-state index contributed by atoms with van der Waals surface area (Å²) in [5, 5.41) is 2.88. The molecule has 4 nitrogen and oxygen atoms in total. The van der Waals surface area contributed by atoms with Gasteiger partial charge in [-0.05, 0) is 6.07 Å².